The topological polar surface area (TPSA) is 145 Å². The van der Waals surface area contributed by atoms with Crippen LogP contribution < -0.4 is 20.7 Å². The van der Waals surface area contributed by atoms with Gasteiger partial charge in [-0.2, -0.15) is 0 Å². The lowest BCUT2D eigenvalue weighted by atomic mass is 9.97. The van der Waals surface area contributed by atoms with Crippen molar-refractivity contribution in [2.45, 2.75) is 38.1 Å². The van der Waals surface area contributed by atoms with Crippen molar-refractivity contribution in [2.75, 3.05) is 33.5 Å². The average Bonchev–Trinajstić information content (AvgIpc) is 3.88. The van der Waals surface area contributed by atoms with Gasteiger partial charge in [-0.15, -0.1) is 0 Å². The summed E-state index contributed by atoms with van der Waals surface area (Å²) in [7, 11) is 1.67. The molecule has 2 aliphatic heterocycles. The number of alkyl carbamates (subject to hydrolysis) is 1. The Morgan fingerprint density at radius 3 is 2.02 bits per heavy atom. The number of hydrogen-bond donors (Lipinski definition) is 3. The zero-order chi connectivity index (χ0) is 32.0. The summed E-state index contributed by atoms with van der Waals surface area (Å²) in [5, 5.41) is 7.81. The molecule has 0 aliphatic carbocycles. The number of carbonyl (C=O) groups excluding carboxylic acids is 4. The predicted octanol–water partition coefficient (Wildman–Crippen LogP) is 2.74. The molecule has 11 nitrogen and oxygen atoms in total. The first-order valence-electron chi connectivity index (χ1n) is 14.7. The van der Waals surface area contributed by atoms with Crippen LogP contribution in [-0.4, -0.2) is 75.4 Å². The monoisotopic (exact) mass is 617 g/mol. The number of aryl methyl sites for hydroxylation is 1. The summed E-state index contributed by atoms with van der Waals surface area (Å²) in [6, 6.07) is 24.8. The number of amides is 3. The van der Waals surface area contributed by atoms with Crippen LogP contribution in [0.2, 0.25) is 0 Å². The normalized spacial score (nSPS) is 16.4. The molecule has 0 radical (unpaired) electrons. The van der Waals surface area contributed by atoms with Gasteiger partial charge >= 0.3 is 6.09 Å². The number of benzene rings is 3. The summed E-state index contributed by atoms with van der Waals surface area (Å²) in [5.41, 5.74) is 2.97. The highest BCUT2D eigenvalue weighted by atomic mass is 16.6. The summed E-state index contributed by atoms with van der Waals surface area (Å²) >= 11 is 0. The van der Waals surface area contributed by atoms with Crippen LogP contribution in [0.15, 0.2) is 84.9 Å². The van der Waals surface area contributed by atoms with Crippen molar-refractivity contribution in [1.82, 2.24) is 16.0 Å². The van der Waals surface area contributed by atoms with E-state index in [4.69, 9.17) is 18.9 Å². The SMILES string of the molecule is COc1ccc(C)cc1.O=C(CNC(=O)C(NC(=O)OCc1ccccc1)C1COC1)NC(Cc1ccccc1)C(=O)C1CO1. The first-order chi connectivity index (χ1) is 21.8. The van der Waals surface area contributed by atoms with Gasteiger partial charge in [-0.25, -0.2) is 4.79 Å². The van der Waals surface area contributed by atoms with E-state index in [2.05, 4.69) is 22.9 Å². The molecule has 3 aromatic carbocycles. The van der Waals surface area contributed by atoms with Gasteiger partial charge in [0.2, 0.25) is 11.8 Å². The molecule has 0 bridgehead atoms. The number of methoxy groups -OCH3 is 1. The van der Waals surface area contributed by atoms with E-state index < -0.39 is 36.1 Å². The molecule has 0 saturated carbocycles. The zero-order valence-electron chi connectivity index (χ0n) is 25.4. The van der Waals surface area contributed by atoms with Gasteiger partial charge in [0.1, 0.15) is 24.5 Å². The van der Waals surface area contributed by atoms with Crippen LogP contribution in [-0.2, 0) is 41.6 Å². The van der Waals surface area contributed by atoms with Crippen molar-refractivity contribution >= 4 is 23.7 Å². The highest BCUT2D eigenvalue weighted by Gasteiger charge is 2.38. The molecule has 238 valence electrons. The van der Waals surface area contributed by atoms with Crippen molar-refractivity contribution in [1.29, 1.82) is 0 Å². The molecule has 0 aromatic heterocycles. The van der Waals surface area contributed by atoms with Crippen molar-refractivity contribution in [3.8, 4) is 5.75 Å². The molecule has 3 aromatic rings. The van der Waals surface area contributed by atoms with Gasteiger partial charge in [0, 0.05) is 5.92 Å². The number of rotatable bonds is 13. The van der Waals surface area contributed by atoms with E-state index in [0.29, 0.717) is 26.2 Å². The summed E-state index contributed by atoms with van der Waals surface area (Å²) < 4.78 is 20.4. The number of Topliss-reactive ketones (excluding diaryl/α,β-unsaturated/α-hetero) is 1. The summed E-state index contributed by atoms with van der Waals surface area (Å²) in [6.45, 7) is 2.71. The third kappa shape index (κ3) is 11.0. The molecule has 0 spiro atoms. The Labute approximate surface area is 262 Å². The van der Waals surface area contributed by atoms with Crippen LogP contribution in [0.4, 0.5) is 4.79 Å². The first kappa shape index (κ1) is 33.2. The van der Waals surface area contributed by atoms with Crippen LogP contribution in [0.1, 0.15) is 16.7 Å². The van der Waals surface area contributed by atoms with Crippen molar-refractivity contribution in [3.63, 3.8) is 0 Å². The lowest BCUT2D eigenvalue weighted by molar-refractivity contribution is -0.133. The molecule has 45 heavy (non-hydrogen) atoms. The molecule has 3 amide bonds. The molecule has 3 atom stereocenters. The van der Waals surface area contributed by atoms with Gasteiger partial charge in [-0.3, -0.25) is 14.4 Å². The molecule has 3 N–H and O–H groups in total. The fourth-order valence-electron chi connectivity index (χ4n) is 4.44. The Morgan fingerprint density at radius 2 is 1.47 bits per heavy atom. The Bertz CT molecular complexity index is 1390. The molecular weight excluding hydrogens is 578 g/mol. The van der Waals surface area contributed by atoms with E-state index in [9.17, 15) is 19.2 Å². The highest BCUT2D eigenvalue weighted by molar-refractivity contribution is 5.95. The van der Waals surface area contributed by atoms with Gasteiger partial charge < -0.3 is 34.9 Å². The Balaban J connectivity index is 0.000000440. The number of carbonyl (C=O) groups is 4. The van der Waals surface area contributed by atoms with Crippen LogP contribution >= 0.6 is 0 Å². The van der Waals surface area contributed by atoms with Gasteiger partial charge in [-0.1, -0.05) is 78.4 Å². The van der Waals surface area contributed by atoms with E-state index in [1.807, 2.05) is 84.9 Å². The summed E-state index contributed by atoms with van der Waals surface area (Å²) in [6.07, 6.45) is -0.938. The maximum atomic E-state index is 12.8. The summed E-state index contributed by atoms with van der Waals surface area (Å²) in [5.74, 6) is -0.580. The largest absolute Gasteiger partial charge is 0.497 e. The van der Waals surface area contributed by atoms with Crippen LogP contribution in [0.5, 0.6) is 5.75 Å². The predicted molar refractivity (Wildman–Crippen MR) is 165 cm³/mol. The van der Waals surface area contributed by atoms with Gasteiger partial charge in [0.15, 0.2) is 5.78 Å². The molecule has 3 unspecified atom stereocenters. The lowest BCUT2D eigenvalue weighted by Gasteiger charge is -2.32. The maximum Gasteiger partial charge on any atom is 0.408 e. The van der Waals surface area contributed by atoms with Crippen LogP contribution in [0.3, 0.4) is 0 Å². The second-order valence-corrected chi connectivity index (χ2v) is 10.8. The lowest BCUT2D eigenvalue weighted by Crippen LogP contribution is -2.57. The minimum absolute atomic E-state index is 0.0616. The molecule has 2 saturated heterocycles. The Kier molecular flexibility index (Phi) is 12.5. The fourth-order valence-corrected chi connectivity index (χ4v) is 4.44. The third-order valence-corrected chi connectivity index (χ3v) is 7.20. The van der Waals surface area contributed by atoms with E-state index in [1.54, 1.807) is 7.11 Å². The molecule has 2 fully saturated rings. The minimum Gasteiger partial charge on any atom is -0.497 e. The third-order valence-electron chi connectivity index (χ3n) is 7.20. The first-order valence-corrected chi connectivity index (χ1v) is 14.7. The van der Waals surface area contributed by atoms with Gasteiger partial charge in [0.25, 0.3) is 0 Å². The van der Waals surface area contributed by atoms with Crippen molar-refractivity contribution < 1.29 is 38.1 Å². The van der Waals surface area contributed by atoms with Crippen molar-refractivity contribution in [2.24, 2.45) is 5.92 Å². The second kappa shape index (κ2) is 16.9. The van der Waals surface area contributed by atoms with E-state index in [0.717, 1.165) is 16.9 Å². The molecule has 5 rings (SSSR count). The Hall–Kier alpha value is -4.74. The minimum atomic E-state index is -0.920. The fraction of sp³-hybridized carbons (Fsp3) is 0.353. The summed E-state index contributed by atoms with van der Waals surface area (Å²) in [4.78, 5) is 50.3. The highest BCUT2D eigenvalue weighted by Crippen LogP contribution is 2.17. The van der Waals surface area contributed by atoms with Gasteiger partial charge in [-0.05, 0) is 36.6 Å². The number of ether oxygens (including phenoxy) is 4. The maximum absolute atomic E-state index is 12.8. The van der Waals surface area contributed by atoms with Crippen LogP contribution in [0.25, 0.3) is 0 Å². The average molecular weight is 618 g/mol. The smallest absolute Gasteiger partial charge is 0.408 e. The van der Waals surface area contributed by atoms with E-state index in [-0.39, 0.29) is 24.9 Å². The number of epoxide rings is 1. The van der Waals surface area contributed by atoms with E-state index in [1.165, 1.54) is 5.56 Å². The standard InChI is InChI=1S/C26H29N3O7.C8H10O/c30-22(28-20(24(31)21-16-35-21)11-17-7-3-1-4-8-17)12-27-25(32)23(19-14-34-15-19)29-26(33)36-13-18-9-5-2-6-10-18;1-7-3-5-8(9-2)6-4-7/h1-10,19-21,23H,11-16H2,(H,27,32)(H,28,30)(H,29,33);3-6H,1-2H3. The molecule has 2 aliphatic rings. The second-order valence-electron chi connectivity index (χ2n) is 10.8. The number of nitrogens with one attached hydrogen (secondary N) is 3. The quantitative estimate of drug-likeness (QED) is 0.249. The van der Waals surface area contributed by atoms with Crippen LogP contribution in [0, 0.1) is 12.8 Å². The molecule has 11 heteroatoms. The zero-order valence-corrected chi connectivity index (χ0v) is 25.4. The molecule has 2 heterocycles. The Morgan fingerprint density at radius 1 is 0.844 bits per heavy atom. The van der Waals surface area contributed by atoms with E-state index >= 15 is 0 Å². The van der Waals surface area contributed by atoms with Gasteiger partial charge in [0.05, 0.1) is 39.5 Å². The van der Waals surface area contributed by atoms with Crippen molar-refractivity contribution in [3.05, 3.63) is 102 Å². The number of hydrogen-bond acceptors (Lipinski definition) is 8. The number of ketones is 1. The molecular formula is C34H39N3O8.